The predicted octanol–water partition coefficient (Wildman–Crippen LogP) is 5.90. The fraction of sp³-hybridized carbons (Fsp3) is 0.542. The monoisotopic (exact) mass is 352 g/mol. The molecular formula is C24H32O2. The Morgan fingerprint density at radius 2 is 1.69 bits per heavy atom. The van der Waals surface area contributed by atoms with E-state index in [0.29, 0.717) is 5.92 Å². The average molecular weight is 353 g/mol. The largest absolute Gasteiger partial charge is 0.478 e. The molecule has 0 bridgehead atoms. The van der Waals surface area contributed by atoms with Crippen LogP contribution in [-0.2, 0) is 21.0 Å². The Balaban J connectivity index is 1.88. The number of hydrogen-bond donors (Lipinski definition) is 1. The van der Waals surface area contributed by atoms with Crippen molar-refractivity contribution in [3.8, 4) is 0 Å². The van der Waals surface area contributed by atoms with Crippen molar-refractivity contribution in [3.63, 3.8) is 0 Å². The second-order valence-electron chi connectivity index (χ2n) is 9.84. The molecular weight excluding hydrogens is 320 g/mol. The molecule has 2 aliphatic rings. The molecule has 26 heavy (non-hydrogen) atoms. The molecule has 3 rings (SSSR count). The first-order valence-electron chi connectivity index (χ1n) is 9.71. The van der Waals surface area contributed by atoms with Gasteiger partial charge in [-0.2, -0.15) is 0 Å². The minimum atomic E-state index is -0.884. The van der Waals surface area contributed by atoms with E-state index in [1.807, 2.05) is 13.0 Å². The lowest BCUT2D eigenvalue weighted by Gasteiger charge is -2.42. The summed E-state index contributed by atoms with van der Waals surface area (Å²) in [6.07, 6.45) is 9.00. The molecule has 0 amide bonds. The second-order valence-corrected chi connectivity index (χ2v) is 9.84. The number of aliphatic carboxylic acids is 1. The highest BCUT2D eigenvalue weighted by Crippen LogP contribution is 2.56. The zero-order valence-corrected chi connectivity index (χ0v) is 17.0. The van der Waals surface area contributed by atoms with Crippen LogP contribution in [0.4, 0.5) is 0 Å². The van der Waals surface area contributed by atoms with Crippen molar-refractivity contribution >= 4 is 5.97 Å². The lowest BCUT2D eigenvalue weighted by atomic mass is 9.62. The normalized spacial score (nSPS) is 29.5. The summed E-state index contributed by atoms with van der Waals surface area (Å²) in [5.74, 6) is -0.400. The fourth-order valence-corrected chi connectivity index (χ4v) is 4.46. The number of carboxylic acid groups (broad SMARTS) is 1. The summed E-state index contributed by atoms with van der Waals surface area (Å²) in [5, 5.41) is 8.84. The lowest BCUT2D eigenvalue weighted by Crippen LogP contribution is -2.34. The summed E-state index contributed by atoms with van der Waals surface area (Å²) in [5.41, 5.74) is 5.91. The van der Waals surface area contributed by atoms with Gasteiger partial charge >= 0.3 is 5.97 Å². The first kappa shape index (κ1) is 18.9. The molecule has 1 aromatic carbocycles. The van der Waals surface area contributed by atoms with E-state index < -0.39 is 5.97 Å². The fourth-order valence-electron chi connectivity index (χ4n) is 4.46. The number of fused-ring (bicyclic) bond motifs is 1. The lowest BCUT2D eigenvalue weighted by molar-refractivity contribution is -0.131. The van der Waals surface area contributed by atoms with Crippen LogP contribution in [0.5, 0.6) is 0 Å². The van der Waals surface area contributed by atoms with E-state index in [4.69, 9.17) is 5.11 Å². The summed E-state index contributed by atoms with van der Waals surface area (Å²) >= 11 is 0. The van der Waals surface area contributed by atoms with E-state index in [-0.39, 0.29) is 16.2 Å². The van der Waals surface area contributed by atoms with Crippen molar-refractivity contribution in [1.82, 2.24) is 0 Å². The summed E-state index contributed by atoms with van der Waals surface area (Å²) in [4.78, 5) is 10.8. The molecule has 0 aliphatic heterocycles. The summed E-state index contributed by atoms with van der Waals surface area (Å²) < 4.78 is 0. The van der Waals surface area contributed by atoms with E-state index >= 15 is 0 Å². The number of benzene rings is 1. The van der Waals surface area contributed by atoms with Gasteiger partial charge in [-0.1, -0.05) is 65.0 Å². The van der Waals surface area contributed by atoms with Gasteiger partial charge in [-0.3, -0.25) is 0 Å². The van der Waals surface area contributed by atoms with E-state index in [1.54, 1.807) is 0 Å². The molecule has 0 aromatic heterocycles. The van der Waals surface area contributed by atoms with Crippen LogP contribution in [-0.4, -0.2) is 11.1 Å². The summed E-state index contributed by atoms with van der Waals surface area (Å²) in [6, 6.07) is 7.16. The Morgan fingerprint density at radius 3 is 2.31 bits per heavy atom. The Labute approximate surface area is 158 Å². The molecule has 0 unspecified atom stereocenters. The topological polar surface area (TPSA) is 37.3 Å². The van der Waals surface area contributed by atoms with Crippen LogP contribution in [0.1, 0.15) is 77.5 Å². The molecule has 0 heterocycles. The van der Waals surface area contributed by atoms with Crippen molar-refractivity contribution in [1.29, 1.82) is 0 Å². The maximum atomic E-state index is 10.8. The van der Waals surface area contributed by atoms with Crippen LogP contribution in [0, 0.1) is 5.92 Å². The van der Waals surface area contributed by atoms with Crippen molar-refractivity contribution in [2.45, 2.75) is 77.0 Å². The quantitative estimate of drug-likeness (QED) is 0.541. The number of allylic oxidation sites excluding steroid dienone is 3. The molecule has 2 atom stereocenters. The second kappa shape index (κ2) is 6.11. The van der Waals surface area contributed by atoms with Gasteiger partial charge in [0.2, 0.25) is 0 Å². The molecule has 2 nitrogen and oxygen atoms in total. The van der Waals surface area contributed by atoms with Crippen LogP contribution < -0.4 is 0 Å². The number of carboxylic acids is 1. The highest BCUT2D eigenvalue weighted by molar-refractivity contribution is 5.81. The van der Waals surface area contributed by atoms with Gasteiger partial charge in [0.15, 0.2) is 0 Å². The predicted molar refractivity (Wildman–Crippen MR) is 108 cm³/mol. The highest BCUT2D eigenvalue weighted by atomic mass is 16.4. The Kier molecular flexibility index (Phi) is 4.45. The molecule has 1 aromatic rings. The van der Waals surface area contributed by atoms with E-state index in [2.05, 4.69) is 58.9 Å². The minimum Gasteiger partial charge on any atom is -0.478 e. The maximum absolute atomic E-state index is 10.8. The van der Waals surface area contributed by atoms with Gasteiger partial charge in [0.25, 0.3) is 0 Å². The van der Waals surface area contributed by atoms with Crippen LogP contribution in [0.2, 0.25) is 0 Å². The van der Waals surface area contributed by atoms with Gasteiger partial charge in [0.1, 0.15) is 0 Å². The van der Waals surface area contributed by atoms with E-state index in [0.717, 1.165) is 12.0 Å². The summed E-state index contributed by atoms with van der Waals surface area (Å²) in [6.45, 7) is 13.6. The zero-order chi connectivity index (χ0) is 19.3. The third-order valence-electron chi connectivity index (χ3n) is 6.76. The molecule has 2 heteroatoms. The first-order valence-corrected chi connectivity index (χ1v) is 9.71. The highest BCUT2D eigenvalue weighted by Gasteiger charge is 2.50. The van der Waals surface area contributed by atoms with Gasteiger partial charge < -0.3 is 5.11 Å². The zero-order valence-electron chi connectivity index (χ0n) is 17.0. The maximum Gasteiger partial charge on any atom is 0.328 e. The first-order chi connectivity index (χ1) is 12.0. The van der Waals surface area contributed by atoms with Gasteiger partial charge in [0, 0.05) is 6.08 Å². The van der Waals surface area contributed by atoms with Crippen molar-refractivity contribution in [2.24, 2.45) is 5.92 Å². The van der Waals surface area contributed by atoms with Crippen LogP contribution in [0.3, 0.4) is 0 Å². The molecule has 140 valence electrons. The Morgan fingerprint density at radius 1 is 1.08 bits per heavy atom. The van der Waals surface area contributed by atoms with E-state index in [9.17, 15) is 4.79 Å². The molecule has 1 fully saturated rings. The van der Waals surface area contributed by atoms with Crippen LogP contribution in [0.15, 0.2) is 42.0 Å². The number of carbonyl (C=O) groups is 1. The van der Waals surface area contributed by atoms with Crippen molar-refractivity contribution < 1.29 is 9.90 Å². The standard InChI is InChI=1S/C24H32O2/c1-16(13-21(25)26)7-8-18-15-24(18,6)17-9-10-19-20(14-17)23(4,5)12-11-22(19,2)3/h7-10,13-14,18H,11-12,15H2,1-6H3,(H,25,26)/t18-,24-/m1/s1. The van der Waals surface area contributed by atoms with Crippen LogP contribution in [0.25, 0.3) is 0 Å². The summed E-state index contributed by atoms with van der Waals surface area (Å²) in [7, 11) is 0. The molecule has 1 N–H and O–H groups in total. The number of rotatable bonds is 4. The smallest absolute Gasteiger partial charge is 0.328 e. The SMILES string of the molecule is CC(C=C[C@@H]1C[C@]1(C)c1ccc2c(c1)C(C)(C)CCC2(C)C)=CC(=O)O. The Bertz CT molecular complexity index is 794. The van der Waals surface area contributed by atoms with Gasteiger partial charge in [0.05, 0.1) is 0 Å². The van der Waals surface area contributed by atoms with Gasteiger partial charge in [-0.05, 0) is 70.6 Å². The Hall–Kier alpha value is -1.83. The minimum absolute atomic E-state index is 0.173. The molecule has 2 aliphatic carbocycles. The van der Waals surface area contributed by atoms with Gasteiger partial charge in [-0.15, -0.1) is 0 Å². The molecule has 0 saturated heterocycles. The number of hydrogen-bond acceptors (Lipinski definition) is 1. The van der Waals surface area contributed by atoms with Crippen LogP contribution >= 0.6 is 0 Å². The average Bonchev–Trinajstić information content (AvgIpc) is 3.21. The molecule has 0 radical (unpaired) electrons. The van der Waals surface area contributed by atoms with Gasteiger partial charge in [-0.25, -0.2) is 4.79 Å². The third-order valence-corrected chi connectivity index (χ3v) is 6.76. The molecule has 0 spiro atoms. The van der Waals surface area contributed by atoms with E-state index in [1.165, 1.54) is 35.6 Å². The van der Waals surface area contributed by atoms with Crippen molar-refractivity contribution in [2.75, 3.05) is 0 Å². The molecule has 1 saturated carbocycles. The van der Waals surface area contributed by atoms with Crippen molar-refractivity contribution in [3.05, 3.63) is 58.7 Å². The third kappa shape index (κ3) is 3.39.